The fourth-order valence-corrected chi connectivity index (χ4v) is 1.38. The molecule has 0 aliphatic rings. The van der Waals surface area contributed by atoms with Crippen molar-refractivity contribution in [3.05, 3.63) is 0 Å². The molecule has 0 spiro atoms. The summed E-state index contributed by atoms with van der Waals surface area (Å²) < 4.78 is 5.19. The Labute approximate surface area is 85.9 Å². The monoisotopic (exact) mass is 203 g/mol. The second kappa shape index (κ2) is 6.79. The number of hydrogen-bond acceptors (Lipinski definition) is 3. The minimum atomic E-state index is -0.784. The molecule has 0 aromatic heterocycles. The van der Waals surface area contributed by atoms with Crippen molar-refractivity contribution in [3.63, 3.8) is 0 Å². The van der Waals surface area contributed by atoms with Gasteiger partial charge in [0.15, 0.2) is 0 Å². The van der Waals surface area contributed by atoms with Gasteiger partial charge in [0.05, 0.1) is 12.6 Å². The van der Waals surface area contributed by atoms with Gasteiger partial charge in [0.1, 0.15) is 0 Å². The molecule has 2 unspecified atom stereocenters. The Hall–Kier alpha value is -0.610. The molecule has 0 aliphatic heterocycles. The van der Waals surface area contributed by atoms with Crippen LogP contribution < -0.4 is 0 Å². The van der Waals surface area contributed by atoms with Gasteiger partial charge in [-0.1, -0.05) is 6.92 Å². The third kappa shape index (κ3) is 4.58. The molecule has 2 atom stereocenters. The number of methoxy groups -OCH3 is 1. The molecule has 0 fully saturated rings. The Morgan fingerprint density at radius 2 is 2.07 bits per heavy atom. The lowest BCUT2D eigenvalue weighted by Gasteiger charge is -2.30. The average molecular weight is 203 g/mol. The molecule has 0 radical (unpaired) electrons. The number of ether oxygens (including phenoxy) is 1. The van der Waals surface area contributed by atoms with Gasteiger partial charge < -0.3 is 9.84 Å². The maximum atomic E-state index is 10.6. The van der Waals surface area contributed by atoms with Crippen molar-refractivity contribution in [1.82, 2.24) is 4.90 Å². The van der Waals surface area contributed by atoms with Gasteiger partial charge in [0.2, 0.25) is 0 Å². The highest BCUT2D eigenvalue weighted by Gasteiger charge is 2.20. The summed E-state index contributed by atoms with van der Waals surface area (Å²) >= 11 is 0. The molecule has 0 rings (SSSR count). The lowest BCUT2D eigenvalue weighted by molar-refractivity contribution is -0.139. The molecule has 0 aromatic rings. The highest BCUT2D eigenvalue weighted by molar-refractivity contribution is 5.69. The molecule has 84 valence electrons. The molecule has 4 heteroatoms. The SMILES string of the molecule is CCCN(CC(=O)O)C(C)C(C)OC. The summed E-state index contributed by atoms with van der Waals surface area (Å²) in [4.78, 5) is 12.5. The smallest absolute Gasteiger partial charge is 0.317 e. The lowest BCUT2D eigenvalue weighted by atomic mass is 10.1. The van der Waals surface area contributed by atoms with Crippen molar-refractivity contribution >= 4 is 5.97 Å². The Morgan fingerprint density at radius 3 is 2.43 bits per heavy atom. The summed E-state index contributed by atoms with van der Waals surface area (Å²) in [5.74, 6) is -0.784. The molecule has 0 aliphatic carbocycles. The summed E-state index contributed by atoms with van der Waals surface area (Å²) in [6.45, 7) is 6.87. The number of carboxylic acid groups (broad SMARTS) is 1. The third-order valence-corrected chi connectivity index (χ3v) is 2.48. The van der Waals surface area contributed by atoms with E-state index in [1.807, 2.05) is 25.7 Å². The van der Waals surface area contributed by atoms with E-state index in [1.54, 1.807) is 7.11 Å². The maximum absolute atomic E-state index is 10.6. The van der Waals surface area contributed by atoms with Gasteiger partial charge in [0.25, 0.3) is 0 Å². The van der Waals surface area contributed by atoms with Crippen LogP contribution >= 0.6 is 0 Å². The molecule has 0 saturated carbocycles. The molecule has 0 aromatic carbocycles. The summed E-state index contributed by atoms with van der Waals surface area (Å²) in [6, 6.07) is 0.135. The van der Waals surface area contributed by atoms with Crippen LogP contribution in [0.15, 0.2) is 0 Å². The molecular formula is C10H21NO3. The van der Waals surface area contributed by atoms with Crippen molar-refractivity contribution in [2.24, 2.45) is 0 Å². The van der Waals surface area contributed by atoms with E-state index >= 15 is 0 Å². The number of aliphatic carboxylic acids is 1. The Bertz CT molecular complexity index is 173. The number of carboxylic acids is 1. The van der Waals surface area contributed by atoms with Crippen LogP contribution in [-0.4, -0.2) is 48.3 Å². The molecule has 0 saturated heterocycles. The molecule has 14 heavy (non-hydrogen) atoms. The van der Waals surface area contributed by atoms with Gasteiger partial charge in [-0.15, -0.1) is 0 Å². The molecule has 0 amide bonds. The van der Waals surface area contributed by atoms with Crippen molar-refractivity contribution in [2.45, 2.75) is 39.3 Å². The second-order valence-corrected chi connectivity index (χ2v) is 3.55. The Balaban J connectivity index is 4.23. The van der Waals surface area contributed by atoms with Crippen LogP contribution in [0.5, 0.6) is 0 Å². The molecular weight excluding hydrogens is 182 g/mol. The first kappa shape index (κ1) is 13.4. The van der Waals surface area contributed by atoms with Gasteiger partial charge in [0, 0.05) is 13.2 Å². The van der Waals surface area contributed by atoms with Gasteiger partial charge >= 0.3 is 5.97 Å². The van der Waals surface area contributed by atoms with E-state index in [1.165, 1.54) is 0 Å². The van der Waals surface area contributed by atoms with Gasteiger partial charge in [-0.25, -0.2) is 0 Å². The van der Waals surface area contributed by atoms with Gasteiger partial charge in [-0.05, 0) is 26.8 Å². The highest BCUT2D eigenvalue weighted by Crippen LogP contribution is 2.07. The van der Waals surface area contributed by atoms with E-state index in [4.69, 9.17) is 9.84 Å². The number of carbonyl (C=O) groups is 1. The highest BCUT2D eigenvalue weighted by atomic mass is 16.5. The zero-order valence-corrected chi connectivity index (χ0v) is 9.49. The van der Waals surface area contributed by atoms with E-state index in [0.29, 0.717) is 0 Å². The summed E-state index contributed by atoms with van der Waals surface area (Å²) in [7, 11) is 1.64. The standard InChI is InChI=1S/C10H21NO3/c1-5-6-11(7-10(12)13)8(2)9(3)14-4/h8-9H,5-7H2,1-4H3,(H,12,13). The van der Waals surface area contributed by atoms with Crippen LogP contribution in [0.1, 0.15) is 27.2 Å². The van der Waals surface area contributed by atoms with Crippen LogP contribution in [-0.2, 0) is 9.53 Å². The molecule has 1 N–H and O–H groups in total. The van der Waals surface area contributed by atoms with Gasteiger partial charge in [-0.2, -0.15) is 0 Å². The van der Waals surface area contributed by atoms with Crippen LogP contribution in [0.3, 0.4) is 0 Å². The predicted octanol–water partition coefficient (Wildman–Crippen LogP) is 1.21. The largest absolute Gasteiger partial charge is 0.480 e. The molecule has 4 nitrogen and oxygen atoms in total. The quantitative estimate of drug-likeness (QED) is 0.675. The fourth-order valence-electron chi connectivity index (χ4n) is 1.38. The van der Waals surface area contributed by atoms with Crippen LogP contribution in [0.4, 0.5) is 0 Å². The van der Waals surface area contributed by atoms with Gasteiger partial charge in [-0.3, -0.25) is 9.69 Å². The van der Waals surface area contributed by atoms with E-state index in [9.17, 15) is 4.79 Å². The number of hydrogen-bond donors (Lipinski definition) is 1. The third-order valence-electron chi connectivity index (χ3n) is 2.48. The summed E-state index contributed by atoms with van der Waals surface area (Å²) in [5.41, 5.74) is 0. The first-order valence-corrected chi connectivity index (χ1v) is 5.01. The van der Waals surface area contributed by atoms with Crippen LogP contribution in [0.2, 0.25) is 0 Å². The zero-order chi connectivity index (χ0) is 11.1. The summed E-state index contributed by atoms with van der Waals surface area (Å²) in [5, 5.41) is 8.73. The van der Waals surface area contributed by atoms with E-state index < -0.39 is 5.97 Å². The Morgan fingerprint density at radius 1 is 1.50 bits per heavy atom. The number of nitrogens with zero attached hydrogens (tertiary/aromatic N) is 1. The normalized spacial score (nSPS) is 15.5. The lowest BCUT2D eigenvalue weighted by Crippen LogP contribution is -2.44. The van der Waals surface area contributed by atoms with E-state index in [0.717, 1.165) is 13.0 Å². The first-order valence-electron chi connectivity index (χ1n) is 5.01. The minimum absolute atomic E-state index is 0.0564. The topological polar surface area (TPSA) is 49.8 Å². The molecule has 0 bridgehead atoms. The maximum Gasteiger partial charge on any atom is 0.317 e. The van der Waals surface area contributed by atoms with E-state index in [2.05, 4.69) is 0 Å². The van der Waals surface area contributed by atoms with E-state index in [-0.39, 0.29) is 18.7 Å². The average Bonchev–Trinajstić information content (AvgIpc) is 2.14. The van der Waals surface area contributed by atoms with Crippen molar-refractivity contribution in [1.29, 1.82) is 0 Å². The minimum Gasteiger partial charge on any atom is -0.480 e. The fraction of sp³-hybridized carbons (Fsp3) is 0.900. The first-order chi connectivity index (χ1) is 6.52. The van der Waals surface area contributed by atoms with Crippen LogP contribution in [0.25, 0.3) is 0 Å². The van der Waals surface area contributed by atoms with Crippen LogP contribution in [0, 0.1) is 0 Å². The van der Waals surface area contributed by atoms with Crippen molar-refractivity contribution in [3.8, 4) is 0 Å². The second-order valence-electron chi connectivity index (χ2n) is 3.55. The van der Waals surface area contributed by atoms with Crippen molar-refractivity contribution < 1.29 is 14.6 Å². The molecule has 0 heterocycles. The zero-order valence-electron chi connectivity index (χ0n) is 9.49. The number of rotatable bonds is 7. The predicted molar refractivity (Wildman–Crippen MR) is 55.4 cm³/mol. The van der Waals surface area contributed by atoms with Crippen molar-refractivity contribution in [2.75, 3.05) is 20.2 Å². The summed E-state index contributed by atoms with van der Waals surface area (Å²) in [6.07, 6.45) is 1.01. The Kier molecular flexibility index (Phi) is 6.49.